The number of carbonyl (C=O) groups is 3. The minimum absolute atomic E-state index is 0.0819. The van der Waals surface area contributed by atoms with Crippen LogP contribution in [0, 0.1) is 6.92 Å². The summed E-state index contributed by atoms with van der Waals surface area (Å²) in [5.74, 6) is -0.291. The quantitative estimate of drug-likeness (QED) is 0.445. The number of hydrogen-bond donors (Lipinski definition) is 3. The molecule has 3 rings (SSSR count). The Kier molecular flexibility index (Phi) is 8.40. The van der Waals surface area contributed by atoms with Gasteiger partial charge in [0, 0.05) is 43.1 Å². The Morgan fingerprint density at radius 1 is 0.794 bits per heavy atom. The highest BCUT2D eigenvalue weighted by Gasteiger charge is 2.08. The molecule has 34 heavy (non-hydrogen) atoms. The number of benzene rings is 3. The molecule has 176 valence electrons. The molecule has 0 aromatic heterocycles. The van der Waals surface area contributed by atoms with Gasteiger partial charge in [-0.1, -0.05) is 29.8 Å². The van der Waals surface area contributed by atoms with E-state index in [2.05, 4.69) is 16.0 Å². The zero-order valence-corrected chi connectivity index (χ0v) is 19.7. The molecule has 0 aliphatic rings. The van der Waals surface area contributed by atoms with Crippen molar-refractivity contribution in [1.29, 1.82) is 0 Å². The molecule has 0 radical (unpaired) electrons. The first-order chi connectivity index (χ1) is 16.3. The van der Waals surface area contributed by atoms with Gasteiger partial charge in [-0.2, -0.15) is 0 Å². The van der Waals surface area contributed by atoms with Crippen LogP contribution in [-0.2, 0) is 16.0 Å². The van der Waals surface area contributed by atoms with Gasteiger partial charge in [-0.3, -0.25) is 14.4 Å². The van der Waals surface area contributed by atoms with Gasteiger partial charge < -0.3 is 20.9 Å². The molecule has 3 aromatic rings. The summed E-state index contributed by atoms with van der Waals surface area (Å²) in [6, 6.07) is 22.1. The molecule has 0 spiro atoms. The lowest BCUT2D eigenvalue weighted by Gasteiger charge is -2.11. The van der Waals surface area contributed by atoms with Crippen molar-refractivity contribution in [2.24, 2.45) is 0 Å². The fraction of sp³-hybridized carbons (Fsp3) is 0.222. The predicted molar refractivity (Wildman–Crippen MR) is 136 cm³/mol. The van der Waals surface area contributed by atoms with Crippen molar-refractivity contribution in [2.75, 3.05) is 36.6 Å². The Morgan fingerprint density at radius 3 is 2.15 bits per heavy atom. The Morgan fingerprint density at radius 2 is 1.47 bits per heavy atom. The molecular weight excluding hydrogens is 428 g/mol. The number of nitrogens with one attached hydrogen (secondary N) is 3. The van der Waals surface area contributed by atoms with Gasteiger partial charge in [-0.25, -0.2) is 0 Å². The molecule has 0 heterocycles. The molecule has 0 fully saturated rings. The van der Waals surface area contributed by atoms with E-state index in [1.165, 1.54) is 0 Å². The van der Waals surface area contributed by atoms with Gasteiger partial charge in [0.25, 0.3) is 5.91 Å². The molecule has 3 amide bonds. The van der Waals surface area contributed by atoms with E-state index in [4.69, 9.17) is 0 Å². The van der Waals surface area contributed by atoms with E-state index in [1.54, 1.807) is 49.3 Å². The summed E-state index contributed by atoms with van der Waals surface area (Å²) in [5, 5.41) is 8.80. The average Bonchev–Trinajstić information content (AvgIpc) is 2.82. The topological polar surface area (TPSA) is 90.5 Å². The maximum atomic E-state index is 12.4. The largest absolute Gasteiger partial charge is 0.376 e. The van der Waals surface area contributed by atoms with Crippen LogP contribution in [0.3, 0.4) is 0 Å². The maximum absolute atomic E-state index is 12.4. The number of amides is 3. The molecule has 0 unspecified atom stereocenters. The smallest absolute Gasteiger partial charge is 0.255 e. The van der Waals surface area contributed by atoms with Crippen LogP contribution >= 0.6 is 0 Å². The SMILES string of the molecule is Cc1cccc(C(=O)Nc2ccc(NC(=O)CNc3cccc(CCC(=O)N(C)C)c3)cc2)c1. The van der Waals surface area contributed by atoms with Crippen molar-refractivity contribution in [2.45, 2.75) is 19.8 Å². The lowest BCUT2D eigenvalue weighted by molar-refractivity contribution is -0.128. The van der Waals surface area contributed by atoms with E-state index in [0.717, 1.165) is 16.8 Å². The third-order valence-corrected chi connectivity index (χ3v) is 5.21. The standard InChI is InChI=1S/C27H30N4O3/c1-19-6-4-8-21(16-19)27(34)30-23-13-11-22(12-14-23)29-25(32)18-28-24-9-5-7-20(17-24)10-15-26(33)31(2)3/h4-9,11-14,16-17,28H,10,15,18H2,1-3H3,(H,29,32)(H,30,34). The first-order valence-electron chi connectivity index (χ1n) is 11.1. The summed E-state index contributed by atoms with van der Waals surface area (Å²) >= 11 is 0. The van der Waals surface area contributed by atoms with Gasteiger partial charge >= 0.3 is 0 Å². The third-order valence-electron chi connectivity index (χ3n) is 5.21. The van der Waals surface area contributed by atoms with Crippen LogP contribution in [0.5, 0.6) is 0 Å². The first kappa shape index (κ1) is 24.5. The van der Waals surface area contributed by atoms with Gasteiger partial charge in [-0.05, 0) is 67.4 Å². The van der Waals surface area contributed by atoms with E-state index in [9.17, 15) is 14.4 Å². The van der Waals surface area contributed by atoms with Crippen LogP contribution in [-0.4, -0.2) is 43.3 Å². The number of aryl methyl sites for hydroxylation is 2. The summed E-state index contributed by atoms with van der Waals surface area (Å²) in [5.41, 5.74) is 4.74. The minimum Gasteiger partial charge on any atom is -0.376 e. The second-order valence-corrected chi connectivity index (χ2v) is 8.29. The number of nitrogens with zero attached hydrogens (tertiary/aromatic N) is 1. The van der Waals surface area contributed by atoms with Crippen LogP contribution in [0.4, 0.5) is 17.1 Å². The van der Waals surface area contributed by atoms with Gasteiger partial charge in [0.05, 0.1) is 6.54 Å². The van der Waals surface area contributed by atoms with E-state index in [1.807, 2.05) is 49.4 Å². The molecule has 0 aliphatic heterocycles. The number of rotatable bonds is 9. The van der Waals surface area contributed by atoms with E-state index < -0.39 is 0 Å². The molecule has 7 nitrogen and oxygen atoms in total. The van der Waals surface area contributed by atoms with Crippen LogP contribution in [0.2, 0.25) is 0 Å². The van der Waals surface area contributed by atoms with Crippen molar-refractivity contribution in [3.8, 4) is 0 Å². The predicted octanol–water partition coefficient (Wildman–Crippen LogP) is 4.32. The minimum atomic E-state index is -0.190. The third kappa shape index (κ3) is 7.48. The molecular formula is C27H30N4O3. The lowest BCUT2D eigenvalue weighted by atomic mass is 10.1. The Bertz CT molecular complexity index is 1160. The molecule has 7 heteroatoms. The molecule has 0 saturated carbocycles. The van der Waals surface area contributed by atoms with Crippen molar-refractivity contribution in [1.82, 2.24) is 4.90 Å². The van der Waals surface area contributed by atoms with Crippen molar-refractivity contribution in [3.05, 3.63) is 89.5 Å². The first-order valence-corrected chi connectivity index (χ1v) is 11.1. The van der Waals surface area contributed by atoms with Gasteiger partial charge in [0.2, 0.25) is 11.8 Å². The Balaban J connectivity index is 1.47. The zero-order chi connectivity index (χ0) is 24.5. The van der Waals surface area contributed by atoms with Crippen molar-refractivity contribution in [3.63, 3.8) is 0 Å². The zero-order valence-electron chi connectivity index (χ0n) is 19.7. The molecule has 3 aromatic carbocycles. The number of carbonyl (C=O) groups excluding carboxylic acids is 3. The molecule has 0 bridgehead atoms. The lowest BCUT2D eigenvalue weighted by Crippen LogP contribution is -2.22. The summed E-state index contributed by atoms with van der Waals surface area (Å²) in [6.07, 6.45) is 1.09. The van der Waals surface area contributed by atoms with Crippen molar-refractivity contribution >= 4 is 34.8 Å². The van der Waals surface area contributed by atoms with Crippen LogP contribution in [0.1, 0.15) is 27.9 Å². The second-order valence-electron chi connectivity index (χ2n) is 8.29. The second kappa shape index (κ2) is 11.7. The summed E-state index contributed by atoms with van der Waals surface area (Å²) < 4.78 is 0. The summed E-state index contributed by atoms with van der Waals surface area (Å²) in [4.78, 5) is 38.1. The van der Waals surface area contributed by atoms with Crippen LogP contribution in [0.15, 0.2) is 72.8 Å². The fourth-order valence-electron chi connectivity index (χ4n) is 3.33. The average molecular weight is 459 g/mol. The fourth-order valence-corrected chi connectivity index (χ4v) is 3.33. The highest BCUT2D eigenvalue weighted by Crippen LogP contribution is 2.16. The molecule has 0 aliphatic carbocycles. The van der Waals surface area contributed by atoms with Crippen LogP contribution in [0.25, 0.3) is 0 Å². The van der Waals surface area contributed by atoms with Gasteiger partial charge in [0.15, 0.2) is 0 Å². The Labute approximate surface area is 200 Å². The monoisotopic (exact) mass is 458 g/mol. The van der Waals surface area contributed by atoms with Gasteiger partial charge in [-0.15, -0.1) is 0 Å². The number of anilines is 3. The van der Waals surface area contributed by atoms with Crippen LogP contribution < -0.4 is 16.0 Å². The van der Waals surface area contributed by atoms with Crippen molar-refractivity contribution < 1.29 is 14.4 Å². The maximum Gasteiger partial charge on any atom is 0.255 e. The van der Waals surface area contributed by atoms with E-state index in [-0.39, 0.29) is 24.3 Å². The van der Waals surface area contributed by atoms with E-state index in [0.29, 0.717) is 29.8 Å². The summed E-state index contributed by atoms with van der Waals surface area (Å²) in [7, 11) is 3.49. The highest BCUT2D eigenvalue weighted by molar-refractivity contribution is 6.04. The van der Waals surface area contributed by atoms with E-state index >= 15 is 0 Å². The molecule has 0 saturated heterocycles. The molecule has 3 N–H and O–H groups in total. The molecule has 0 atom stereocenters. The number of hydrogen-bond acceptors (Lipinski definition) is 4. The summed E-state index contributed by atoms with van der Waals surface area (Å²) in [6.45, 7) is 2.04. The Hall–Kier alpha value is -4.13. The normalized spacial score (nSPS) is 10.3. The van der Waals surface area contributed by atoms with Gasteiger partial charge in [0.1, 0.15) is 0 Å². The highest BCUT2D eigenvalue weighted by atomic mass is 16.2.